The first-order chi connectivity index (χ1) is 12.4. The fourth-order valence-corrected chi connectivity index (χ4v) is 2.77. The molecule has 0 bridgehead atoms. The van der Waals surface area contributed by atoms with Crippen LogP contribution in [0.2, 0.25) is 0 Å². The van der Waals surface area contributed by atoms with Crippen LogP contribution in [0.4, 0.5) is 4.79 Å². The summed E-state index contributed by atoms with van der Waals surface area (Å²) in [6.45, 7) is 3.90. The molecule has 0 saturated carbocycles. The monoisotopic (exact) mass is 426 g/mol. The standard InChI is InChI=1S/C17H19BrN2O6/c1-4-24-13-8-10(7-12-16(22)20(3)17(23)19-12)6-11(18)15(13)26-9-14(21)25-5-2/h6-8H,4-5,9H2,1-3H3,(H,19,23)/b12-7+. The maximum absolute atomic E-state index is 12.0. The number of esters is 1. The van der Waals surface area contributed by atoms with Gasteiger partial charge in [-0.1, -0.05) is 0 Å². The lowest BCUT2D eigenvalue weighted by Crippen LogP contribution is -2.25. The Morgan fingerprint density at radius 2 is 1.96 bits per heavy atom. The Kier molecular flexibility index (Phi) is 6.62. The van der Waals surface area contributed by atoms with Crippen LogP contribution in [-0.4, -0.2) is 49.7 Å². The second-order valence-corrected chi connectivity index (χ2v) is 6.06. The Labute approximate surface area is 159 Å². The summed E-state index contributed by atoms with van der Waals surface area (Å²) in [5.41, 5.74) is 0.773. The predicted octanol–water partition coefficient (Wildman–Crippen LogP) is 2.31. The fourth-order valence-electron chi connectivity index (χ4n) is 2.20. The van der Waals surface area contributed by atoms with Gasteiger partial charge in [-0.3, -0.25) is 9.69 Å². The molecule has 1 aliphatic rings. The number of carbonyl (C=O) groups excluding carboxylic acids is 3. The quantitative estimate of drug-likeness (QED) is 0.408. The molecular formula is C17H19BrN2O6. The molecule has 26 heavy (non-hydrogen) atoms. The molecule has 0 spiro atoms. The number of ether oxygens (including phenoxy) is 3. The number of carbonyl (C=O) groups is 3. The number of halogens is 1. The molecule has 1 N–H and O–H groups in total. The number of imide groups is 1. The van der Waals surface area contributed by atoms with Crippen LogP contribution in [0.5, 0.6) is 11.5 Å². The van der Waals surface area contributed by atoms with E-state index in [4.69, 9.17) is 14.2 Å². The summed E-state index contributed by atoms with van der Waals surface area (Å²) < 4.78 is 16.4. The topological polar surface area (TPSA) is 94.2 Å². The van der Waals surface area contributed by atoms with Gasteiger partial charge in [-0.2, -0.15) is 0 Å². The second kappa shape index (κ2) is 8.70. The zero-order chi connectivity index (χ0) is 19.3. The molecule has 0 aromatic heterocycles. The number of hydrogen-bond donors (Lipinski definition) is 1. The number of likely N-dealkylation sites (N-methyl/N-ethyl adjacent to an activating group) is 1. The zero-order valence-corrected chi connectivity index (χ0v) is 16.2. The summed E-state index contributed by atoms with van der Waals surface area (Å²) in [5, 5.41) is 2.49. The number of benzene rings is 1. The Balaban J connectivity index is 2.29. The lowest BCUT2D eigenvalue weighted by molar-refractivity contribution is -0.145. The van der Waals surface area contributed by atoms with Crippen molar-refractivity contribution in [3.63, 3.8) is 0 Å². The molecule has 0 aliphatic carbocycles. The van der Waals surface area contributed by atoms with Crippen molar-refractivity contribution in [3.8, 4) is 11.5 Å². The smallest absolute Gasteiger partial charge is 0.344 e. The fraction of sp³-hybridized carbons (Fsp3) is 0.353. The van der Waals surface area contributed by atoms with Crippen molar-refractivity contribution in [3.05, 3.63) is 27.9 Å². The van der Waals surface area contributed by atoms with E-state index in [0.717, 1.165) is 4.90 Å². The minimum Gasteiger partial charge on any atom is -0.490 e. The highest BCUT2D eigenvalue weighted by Crippen LogP contribution is 2.37. The molecule has 0 atom stereocenters. The molecule has 1 aliphatic heterocycles. The van der Waals surface area contributed by atoms with Crippen molar-refractivity contribution in [1.29, 1.82) is 0 Å². The highest BCUT2D eigenvalue weighted by molar-refractivity contribution is 9.10. The van der Waals surface area contributed by atoms with Gasteiger partial charge in [-0.05, 0) is 53.5 Å². The van der Waals surface area contributed by atoms with Crippen molar-refractivity contribution in [2.75, 3.05) is 26.9 Å². The van der Waals surface area contributed by atoms with E-state index >= 15 is 0 Å². The van der Waals surface area contributed by atoms with Crippen molar-refractivity contribution in [1.82, 2.24) is 10.2 Å². The number of nitrogens with one attached hydrogen (secondary N) is 1. The first kappa shape index (κ1) is 19.8. The predicted molar refractivity (Wildman–Crippen MR) is 96.7 cm³/mol. The number of urea groups is 1. The van der Waals surface area contributed by atoms with Crippen LogP contribution in [0, 0.1) is 0 Å². The lowest BCUT2D eigenvalue weighted by Gasteiger charge is -2.14. The van der Waals surface area contributed by atoms with Crippen LogP contribution in [-0.2, 0) is 14.3 Å². The summed E-state index contributed by atoms with van der Waals surface area (Å²) in [7, 11) is 1.40. The maximum atomic E-state index is 12.0. The molecular weight excluding hydrogens is 408 g/mol. The summed E-state index contributed by atoms with van der Waals surface area (Å²) in [6, 6.07) is 2.85. The number of rotatable bonds is 7. The van der Waals surface area contributed by atoms with Gasteiger partial charge >= 0.3 is 12.0 Å². The van der Waals surface area contributed by atoms with Crippen molar-refractivity contribution >= 4 is 39.9 Å². The first-order valence-corrected chi connectivity index (χ1v) is 8.72. The molecule has 1 aromatic carbocycles. The van der Waals surface area contributed by atoms with Gasteiger partial charge in [0.25, 0.3) is 5.91 Å². The Hall–Kier alpha value is -2.55. The van der Waals surface area contributed by atoms with Gasteiger partial charge in [-0.15, -0.1) is 0 Å². The first-order valence-electron chi connectivity index (χ1n) is 7.92. The van der Waals surface area contributed by atoms with Crippen LogP contribution < -0.4 is 14.8 Å². The normalized spacial score (nSPS) is 15.2. The number of hydrogen-bond acceptors (Lipinski definition) is 6. The molecule has 1 aromatic rings. The van der Waals surface area contributed by atoms with E-state index < -0.39 is 17.9 Å². The van der Waals surface area contributed by atoms with Gasteiger partial charge in [0.05, 0.1) is 17.7 Å². The van der Waals surface area contributed by atoms with Crippen LogP contribution in [0.25, 0.3) is 6.08 Å². The largest absolute Gasteiger partial charge is 0.490 e. The third kappa shape index (κ3) is 4.54. The van der Waals surface area contributed by atoms with Gasteiger partial charge in [0.2, 0.25) is 0 Å². The van der Waals surface area contributed by atoms with E-state index in [0.29, 0.717) is 28.1 Å². The van der Waals surface area contributed by atoms with E-state index in [1.807, 2.05) is 6.92 Å². The minimum atomic E-state index is -0.490. The summed E-state index contributed by atoms with van der Waals surface area (Å²) in [4.78, 5) is 36.0. The van der Waals surface area contributed by atoms with Gasteiger partial charge in [0, 0.05) is 7.05 Å². The van der Waals surface area contributed by atoms with Crippen molar-refractivity contribution < 1.29 is 28.6 Å². The van der Waals surface area contributed by atoms with Crippen molar-refractivity contribution in [2.45, 2.75) is 13.8 Å². The third-order valence-corrected chi connectivity index (χ3v) is 3.95. The molecule has 1 heterocycles. The molecule has 9 heteroatoms. The van der Waals surface area contributed by atoms with Gasteiger partial charge in [-0.25, -0.2) is 9.59 Å². The number of amides is 3. The summed E-state index contributed by atoms with van der Waals surface area (Å²) in [6.07, 6.45) is 1.53. The Morgan fingerprint density at radius 3 is 2.54 bits per heavy atom. The van der Waals surface area contributed by atoms with Gasteiger partial charge < -0.3 is 19.5 Å². The Bertz CT molecular complexity index is 762. The van der Waals surface area contributed by atoms with Crippen LogP contribution in [0.1, 0.15) is 19.4 Å². The highest BCUT2D eigenvalue weighted by atomic mass is 79.9. The molecule has 2 rings (SSSR count). The van der Waals surface area contributed by atoms with Gasteiger partial charge in [0.1, 0.15) is 5.70 Å². The average Bonchev–Trinajstić information content (AvgIpc) is 2.81. The summed E-state index contributed by atoms with van der Waals surface area (Å²) >= 11 is 3.38. The molecule has 1 saturated heterocycles. The minimum absolute atomic E-state index is 0.159. The molecule has 0 radical (unpaired) electrons. The van der Waals surface area contributed by atoms with E-state index in [1.54, 1.807) is 19.1 Å². The highest BCUT2D eigenvalue weighted by Gasteiger charge is 2.30. The molecule has 0 unspecified atom stereocenters. The van der Waals surface area contributed by atoms with Gasteiger partial charge in [0.15, 0.2) is 18.1 Å². The molecule has 3 amide bonds. The van der Waals surface area contributed by atoms with E-state index in [1.165, 1.54) is 13.1 Å². The van der Waals surface area contributed by atoms with Crippen molar-refractivity contribution in [2.24, 2.45) is 0 Å². The van der Waals surface area contributed by atoms with Crippen LogP contribution in [0.15, 0.2) is 22.3 Å². The zero-order valence-electron chi connectivity index (χ0n) is 14.6. The van der Waals surface area contributed by atoms with E-state index in [2.05, 4.69) is 21.2 Å². The molecule has 140 valence electrons. The maximum Gasteiger partial charge on any atom is 0.344 e. The summed E-state index contributed by atoms with van der Waals surface area (Å²) in [5.74, 6) is -0.175. The third-order valence-electron chi connectivity index (χ3n) is 3.36. The van der Waals surface area contributed by atoms with Crippen LogP contribution in [0.3, 0.4) is 0 Å². The second-order valence-electron chi connectivity index (χ2n) is 5.21. The SMILES string of the molecule is CCOC(=O)COc1c(Br)cc(/C=C2/NC(=O)N(C)C2=O)cc1OCC. The number of nitrogens with zero attached hydrogens (tertiary/aromatic N) is 1. The molecule has 1 fully saturated rings. The average molecular weight is 427 g/mol. The van der Waals surface area contributed by atoms with E-state index in [-0.39, 0.29) is 18.9 Å². The van der Waals surface area contributed by atoms with E-state index in [9.17, 15) is 14.4 Å². The molecule has 8 nitrogen and oxygen atoms in total. The van der Waals surface area contributed by atoms with Crippen LogP contribution >= 0.6 is 15.9 Å². The Morgan fingerprint density at radius 1 is 1.23 bits per heavy atom. The lowest BCUT2D eigenvalue weighted by atomic mass is 10.1.